The van der Waals surface area contributed by atoms with Crippen molar-refractivity contribution in [3.05, 3.63) is 29.8 Å². The third kappa shape index (κ3) is 5.45. The minimum atomic E-state index is -0.0513. The maximum absolute atomic E-state index is 11.5. The number of rotatable bonds is 3. The third-order valence-corrected chi connectivity index (χ3v) is 2.36. The van der Waals surface area contributed by atoms with E-state index in [2.05, 4.69) is 10.6 Å². The minimum absolute atomic E-state index is 0.0513. The van der Waals surface area contributed by atoms with Crippen LogP contribution < -0.4 is 10.6 Å². The van der Waals surface area contributed by atoms with Crippen molar-refractivity contribution in [2.24, 2.45) is 5.92 Å². The summed E-state index contributed by atoms with van der Waals surface area (Å²) >= 11 is 5.05. The molecule has 1 rings (SSSR count). The first-order valence-electron chi connectivity index (χ1n) is 5.65. The number of carbonyl (C=O) groups is 1. The van der Waals surface area contributed by atoms with Gasteiger partial charge in [0.15, 0.2) is 5.11 Å². The number of carbonyl (C=O) groups excluding carboxylic acids is 1. The predicted molar refractivity (Wildman–Crippen MR) is 75.0 cm³/mol. The average Bonchev–Trinajstić information content (AvgIpc) is 2.19. The van der Waals surface area contributed by atoms with E-state index in [1.54, 1.807) is 0 Å². The van der Waals surface area contributed by atoms with Gasteiger partial charge in [-0.05, 0) is 37.2 Å². The van der Waals surface area contributed by atoms with Crippen molar-refractivity contribution >= 4 is 28.9 Å². The van der Waals surface area contributed by atoms with E-state index in [1.807, 2.05) is 45.0 Å². The van der Waals surface area contributed by atoms with Crippen molar-refractivity contribution in [2.75, 3.05) is 5.32 Å². The molecular weight excluding hydrogens is 232 g/mol. The van der Waals surface area contributed by atoms with Gasteiger partial charge in [0.1, 0.15) is 0 Å². The van der Waals surface area contributed by atoms with Crippen LogP contribution in [0.3, 0.4) is 0 Å². The molecule has 4 heteroatoms. The van der Waals surface area contributed by atoms with Crippen LogP contribution in [0.4, 0.5) is 5.69 Å². The van der Waals surface area contributed by atoms with Crippen molar-refractivity contribution in [1.29, 1.82) is 0 Å². The van der Waals surface area contributed by atoms with Crippen LogP contribution in [0.1, 0.15) is 25.8 Å². The predicted octanol–water partition coefficient (Wildman–Crippen LogP) is 2.85. The summed E-state index contributed by atoms with van der Waals surface area (Å²) in [6, 6.07) is 7.83. The number of hydrogen-bond donors (Lipinski definition) is 2. The van der Waals surface area contributed by atoms with Crippen LogP contribution in [0.15, 0.2) is 24.3 Å². The molecule has 0 aliphatic heterocycles. The summed E-state index contributed by atoms with van der Waals surface area (Å²) in [7, 11) is 0. The van der Waals surface area contributed by atoms with Crippen LogP contribution in [0.25, 0.3) is 0 Å². The first kappa shape index (κ1) is 13.6. The van der Waals surface area contributed by atoms with Crippen LogP contribution in [0.5, 0.6) is 0 Å². The summed E-state index contributed by atoms with van der Waals surface area (Å²) < 4.78 is 0. The van der Waals surface area contributed by atoms with Crippen molar-refractivity contribution < 1.29 is 4.79 Å². The highest BCUT2D eigenvalue weighted by atomic mass is 32.1. The van der Waals surface area contributed by atoms with Crippen molar-refractivity contribution in [3.8, 4) is 0 Å². The monoisotopic (exact) mass is 250 g/mol. The van der Waals surface area contributed by atoms with Gasteiger partial charge < -0.3 is 10.6 Å². The van der Waals surface area contributed by atoms with E-state index < -0.39 is 0 Å². The zero-order valence-electron chi connectivity index (χ0n) is 10.4. The van der Waals surface area contributed by atoms with E-state index >= 15 is 0 Å². The molecule has 92 valence electrons. The van der Waals surface area contributed by atoms with Gasteiger partial charge in [-0.1, -0.05) is 31.5 Å². The maximum Gasteiger partial charge on any atom is 0.226 e. The first-order valence-corrected chi connectivity index (χ1v) is 6.05. The Morgan fingerprint density at radius 2 is 1.88 bits per heavy atom. The summed E-state index contributed by atoms with van der Waals surface area (Å²) in [5.41, 5.74) is 2.07. The summed E-state index contributed by atoms with van der Waals surface area (Å²) in [4.78, 5) is 11.5. The molecule has 0 aliphatic rings. The lowest BCUT2D eigenvalue weighted by atomic mass is 10.1. The number of thiocarbonyl (C=S) groups is 1. The molecule has 1 aromatic rings. The highest BCUT2D eigenvalue weighted by Crippen LogP contribution is 2.08. The Bertz CT molecular complexity index is 398. The van der Waals surface area contributed by atoms with Gasteiger partial charge in [-0.25, -0.2) is 0 Å². The molecule has 0 saturated carbocycles. The van der Waals surface area contributed by atoms with Crippen LogP contribution in [0.2, 0.25) is 0 Å². The second-order valence-electron chi connectivity index (χ2n) is 4.47. The van der Waals surface area contributed by atoms with Gasteiger partial charge in [-0.15, -0.1) is 0 Å². The Balaban J connectivity index is 2.44. The Morgan fingerprint density at radius 1 is 1.29 bits per heavy atom. The number of aryl methyl sites for hydroxylation is 1. The van der Waals surface area contributed by atoms with Crippen LogP contribution in [0, 0.1) is 12.8 Å². The van der Waals surface area contributed by atoms with Gasteiger partial charge in [-0.3, -0.25) is 4.79 Å². The zero-order valence-corrected chi connectivity index (χ0v) is 11.2. The smallest absolute Gasteiger partial charge is 0.226 e. The number of anilines is 1. The summed E-state index contributed by atoms with van der Waals surface area (Å²) in [6.07, 6.45) is 0.482. The molecule has 2 N–H and O–H groups in total. The average molecular weight is 250 g/mol. The normalized spacial score (nSPS) is 10.1. The lowest BCUT2D eigenvalue weighted by molar-refractivity contribution is -0.120. The summed E-state index contributed by atoms with van der Waals surface area (Å²) in [5.74, 6) is 0.279. The SMILES string of the molecule is Cc1ccc(NC(=S)NC(=O)CC(C)C)cc1. The zero-order chi connectivity index (χ0) is 12.8. The number of benzene rings is 1. The van der Waals surface area contributed by atoms with Crippen LogP contribution >= 0.6 is 12.2 Å². The molecule has 0 atom stereocenters. The van der Waals surface area contributed by atoms with Gasteiger partial charge in [0, 0.05) is 12.1 Å². The fourth-order valence-electron chi connectivity index (χ4n) is 1.35. The van der Waals surface area contributed by atoms with Gasteiger partial charge in [0.05, 0.1) is 0 Å². The van der Waals surface area contributed by atoms with Crippen LogP contribution in [-0.2, 0) is 4.79 Å². The summed E-state index contributed by atoms with van der Waals surface area (Å²) in [6.45, 7) is 6.01. The molecule has 0 fully saturated rings. The van der Waals surface area contributed by atoms with Crippen LogP contribution in [-0.4, -0.2) is 11.0 Å². The number of amides is 1. The number of hydrogen-bond acceptors (Lipinski definition) is 2. The standard InChI is InChI=1S/C13H18N2OS/c1-9(2)8-12(16)15-13(17)14-11-6-4-10(3)5-7-11/h4-7,9H,8H2,1-3H3,(H2,14,15,16,17). The molecule has 0 heterocycles. The van der Waals surface area contributed by atoms with Crippen molar-refractivity contribution in [1.82, 2.24) is 5.32 Å². The van der Waals surface area contributed by atoms with Gasteiger partial charge in [0.2, 0.25) is 5.91 Å². The summed E-state index contributed by atoms with van der Waals surface area (Å²) in [5, 5.41) is 5.98. The largest absolute Gasteiger partial charge is 0.332 e. The molecule has 0 unspecified atom stereocenters. The second-order valence-corrected chi connectivity index (χ2v) is 4.87. The molecule has 0 bridgehead atoms. The Morgan fingerprint density at radius 3 is 2.41 bits per heavy atom. The molecule has 0 saturated heterocycles. The topological polar surface area (TPSA) is 41.1 Å². The Labute approximate surface area is 108 Å². The highest BCUT2D eigenvalue weighted by molar-refractivity contribution is 7.80. The second kappa shape index (κ2) is 6.35. The molecule has 3 nitrogen and oxygen atoms in total. The highest BCUT2D eigenvalue weighted by Gasteiger charge is 2.06. The molecule has 0 aromatic heterocycles. The van der Waals surface area contributed by atoms with Gasteiger partial charge >= 0.3 is 0 Å². The van der Waals surface area contributed by atoms with Crippen molar-refractivity contribution in [3.63, 3.8) is 0 Å². The molecular formula is C13H18N2OS. The maximum atomic E-state index is 11.5. The van der Waals surface area contributed by atoms with E-state index in [9.17, 15) is 4.79 Å². The molecule has 0 radical (unpaired) electrons. The number of nitrogens with one attached hydrogen (secondary N) is 2. The molecule has 0 spiro atoms. The fourth-order valence-corrected chi connectivity index (χ4v) is 1.58. The lowest BCUT2D eigenvalue weighted by Crippen LogP contribution is -2.34. The van der Waals surface area contributed by atoms with E-state index in [4.69, 9.17) is 12.2 Å². The molecule has 1 amide bonds. The van der Waals surface area contributed by atoms with E-state index in [-0.39, 0.29) is 5.91 Å². The van der Waals surface area contributed by atoms with E-state index in [1.165, 1.54) is 5.56 Å². The Hall–Kier alpha value is -1.42. The molecule has 1 aromatic carbocycles. The van der Waals surface area contributed by atoms with Gasteiger partial charge in [0.25, 0.3) is 0 Å². The van der Waals surface area contributed by atoms with E-state index in [0.717, 1.165) is 5.69 Å². The van der Waals surface area contributed by atoms with Crippen molar-refractivity contribution in [2.45, 2.75) is 27.2 Å². The van der Waals surface area contributed by atoms with Gasteiger partial charge in [-0.2, -0.15) is 0 Å². The fraction of sp³-hybridized carbons (Fsp3) is 0.385. The first-order chi connectivity index (χ1) is 7.97. The molecule has 0 aliphatic carbocycles. The van der Waals surface area contributed by atoms with E-state index in [0.29, 0.717) is 17.5 Å². The quantitative estimate of drug-likeness (QED) is 0.811. The molecule has 17 heavy (non-hydrogen) atoms. The minimum Gasteiger partial charge on any atom is -0.332 e. The Kier molecular flexibility index (Phi) is 5.10. The third-order valence-electron chi connectivity index (χ3n) is 2.16. The lowest BCUT2D eigenvalue weighted by Gasteiger charge is -2.10.